The fourth-order valence-corrected chi connectivity index (χ4v) is 5.03. The number of hydrogen-bond acceptors (Lipinski definition) is 7. The second-order valence-corrected chi connectivity index (χ2v) is 11.6. The molecule has 0 saturated heterocycles. The van der Waals surface area contributed by atoms with Gasteiger partial charge in [0.25, 0.3) is 10.0 Å². The van der Waals surface area contributed by atoms with Crippen LogP contribution in [0.5, 0.6) is 5.75 Å². The van der Waals surface area contributed by atoms with Crippen LogP contribution >= 0.6 is 11.6 Å². The van der Waals surface area contributed by atoms with Gasteiger partial charge in [-0.15, -0.1) is 0 Å². The second kappa shape index (κ2) is 12.1. The highest BCUT2D eigenvalue weighted by Crippen LogP contribution is 2.33. The third-order valence-electron chi connectivity index (χ3n) is 6.14. The predicted octanol–water partition coefficient (Wildman–Crippen LogP) is 5.77. The van der Waals surface area contributed by atoms with E-state index in [9.17, 15) is 18.0 Å². The van der Waals surface area contributed by atoms with E-state index >= 15 is 0 Å². The number of carbonyl (C=O) groups is 2. The van der Waals surface area contributed by atoms with E-state index in [0.29, 0.717) is 23.4 Å². The average Bonchev–Trinajstić information content (AvgIpc) is 3.26. The molecule has 3 aromatic carbocycles. The summed E-state index contributed by atoms with van der Waals surface area (Å²) in [4.78, 5) is 28.8. The molecule has 0 radical (unpaired) electrons. The normalized spacial score (nSPS) is 11.6. The number of rotatable bonds is 9. The molecule has 0 aliphatic heterocycles. The third kappa shape index (κ3) is 6.63. The van der Waals surface area contributed by atoms with Crippen molar-refractivity contribution in [3.8, 4) is 11.4 Å². The van der Waals surface area contributed by atoms with Gasteiger partial charge in [0.15, 0.2) is 5.75 Å². The van der Waals surface area contributed by atoms with Crippen molar-refractivity contribution in [2.24, 2.45) is 5.92 Å². The van der Waals surface area contributed by atoms with E-state index in [4.69, 9.17) is 26.1 Å². The fourth-order valence-electron chi connectivity index (χ4n) is 3.95. The van der Waals surface area contributed by atoms with Crippen molar-refractivity contribution in [3.63, 3.8) is 0 Å². The van der Waals surface area contributed by atoms with Crippen molar-refractivity contribution in [3.05, 3.63) is 82.6 Å². The number of hydrogen-bond donors (Lipinski definition) is 1. The van der Waals surface area contributed by atoms with Crippen LogP contribution in [0.4, 0.5) is 4.79 Å². The number of ether oxygens (including phenoxy) is 2. The zero-order valence-corrected chi connectivity index (χ0v) is 24.2. The Morgan fingerprint density at radius 2 is 1.73 bits per heavy atom. The van der Waals surface area contributed by atoms with E-state index in [2.05, 4.69) is 0 Å². The van der Waals surface area contributed by atoms with Gasteiger partial charge in [0.2, 0.25) is 0 Å². The summed E-state index contributed by atoms with van der Waals surface area (Å²) in [7, 11) is -4.01. The van der Waals surface area contributed by atoms with Crippen molar-refractivity contribution in [2.75, 3.05) is 6.61 Å². The zero-order valence-electron chi connectivity index (χ0n) is 22.6. The summed E-state index contributed by atoms with van der Waals surface area (Å²) in [5, 5.41) is 0.307. The number of aromatic nitrogens is 2. The summed E-state index contributed by atoms with van der Waals surface area (Å²) in [5.74, 6) is 0.411. The standard InChI is InChI=1S/C29H30ClN3O6S/c1-5-27-31-24-17-26(39-28(34)18(2)3)23(30)16-25(24)33(27)21-10-8-20(9-11-21)14-15-38-29(35)32-40(36,37)22-12-6-19(4)7-13-22/h6-13,16-18H,5,14-15H2,1-4H3,(H,32,35). The van der Waals surface area contributed by atoms with Gasteiger partial charge in [-0.05, 0) is 42.8 Å². The van der Waals surface area contributed by atoms with E-state index in [0.717, 1.165) is 28.2 Å². The van der Waals surface area contributed by atoms with Crippen LogP contribution in [0.1, 0.15) is 37.7 Å². The minimum absolute atomic E-state index is 0.00367. The molecular formula is C29H30ClN3O6S. The highest BCUT2D eigenvalue weighted by atomic mass is 35.5. The molecule has 0 unspecified atom stereocenters. The SMILES string of the molecule is CCc1nc2cc(OC(=O)C(C)C)c(Cl)cc2n1-c1ccc(CCOC(=O)NS(=O)(=O)c2ccc(C)cc2)cc1. The first-order chi connectivity index (χ1) is 19.0. The highest BCUT2D eigenvalue weighted by molar-refractivity contribution is 7.90. The second-order valence-electron chi connectivity index (χ2n) is 9.54. The van der Waals surface area contributed by atoms with Gasteiger partial charge >= 0.3 is 12.1 Å². The molecule has 11 heteroatoms. The number of nitrogens with one attached hydrogen (secondary N) is 1. The van der Waals surface area contributed by atoms with Crippen molar-refractivity contribution >= 4 is 44.7 Å². The minimum Gasteiger partial charge on any atom is -0.448 e. The van der Waals surface area contributed by atoms with Crippen molar-refractivity contribution in [1.29, 1.82) is 0 Å². The van der Waals surface area contributed by atoms with E-state index < -0.39 is 16.1 Å². The maximum Gasteiger partial charge on any atom is 0.421 e. The summed E-state index contributed by atoms with van der Waals surface area (Å²) < 4.78 is 39.1. The van der Waals surface area contributed by atoms with E-state index in [1.54, 1.807) is 38.1 Å². The fraction of sp³-hybridized carbons (Fsp3) is 0.276. The number of aryl methyl sites for hydroxylation is 2. The number of imidazole rings is 1. The first-order valence-electron chi connectivity index (χ1n) is 12.8. The molecule has 0 saturated carbocycles. The lowest BCUT2D eigenvalue weighted by atomic mass is 10.1. The van der Waals surface area contributed by atoms with Crippen LogP contribution in [0.2, 0.25) is 5.02 Å². The maximum atomic E-state index is 12.3. The van der Waals surface area contributed by atoms with Crippen LogP contribution in [-0.2, 0) is 32.4 Å². The molecule has 0 fully saturated rings. The van der Waals surface area contributed by atoms with Gasteiger partial charge in [0.1, 0.15) is 5.82 Å². The van der Waals surface area contributed by atoms with Gasteiger partial charge in [-0.1, -0.05) is 62.2 Å². The Kier molecular flexibility index (Phi) is 8.80. The molecule has 0 bridgehead atoms. The van der Waals surface area contributed by atoms with Crippen LogP contribution in [0.25, 0.3) is 16.7 Å². The van der Waals surface area contributed by atoms with Gasteiger partial charge in [-0.25, -0.2) is 22.9 Å². The van der Waals surface area contributed by atoms with Crippen molar-refractivity contribution in [1.82, 2.24) is 14.3 Å². The van der Waals surface area contributed by atoms with Gasteiger partial charge in [-0.3, -0.25) is 9.36 Å². The highest BCUT2D eigenvalue weighted by Gasteiger charge is 2.19. The predicted molar refractivity (Wildman–Crippen MR) is 152 cm³/mol. The van der Waals surface area contributed by atoms with Gasteiger partial charge in [0.05, 0.1) is 33.5 Å². The minimum atomic E-state index is -4.01. The first kappa shape index (κ1) is 29.1. The third-order valence-corrected chi connectivity index (χ3v) is 7.77. The molecular weight excluding hydrogens is 554 g/mol. The number of nitrogens with zero attached hydrogens (tertiary/aromatic N) is 2. The van der Waals surface area contributed by atoms with Crippen LogP contribution in [0, 0.1) is 12.8 Å². The van der Waals surface area contributed by atoms with Crippen LogP contribution in [0.15, 0.2) is 65.6 Å². The molecule has 4 rings (SSSR count). The Balaban J connectivity index is 1.43. The van der Waals surface area contributed by atoms with Gasteiger partial charge in [0, 0.05) is 24.6 Å². The summed E-state index contributed by atoms with van der Waals surface area (Å²) in [6, 6.07) is 17.2. The average molecular weight is 584 g/mol. The van der Waals surface area contributed by atoms with Gasteiger partial charge < -0.3 is 9.47 Å². The first-order valence-corrected chi connectivity index (χ1v) is 14.6. The maximum absolute atomic E-state index is 12.3. The molecule has 1 amide bonds. The quantitative estimate of drug-likeness (QED) is 0.196. The van der Waals surface area contributed by atoms with Crippen LogP contribution < -0.4 is 9.46 Å². The molecule has 4 aromatic rings. The monoisotopic (exact) mass is 583 g/mol. The number of carbonyl (C=O) groups excluding carboxylic acids is 2. The molecule has 210 valence electrons. The Labute approximate surface area is 238 Å². The number of esters is 1. The number of sulfonamides is 1. The molecule has 0 spiro atoms. The van der Waals surface area contributed by atoms with E-state index in [1.807, 2.05) is 47.4 Å². The smallest absolute Gasteiger partial charge is 0.421 e. The molecule has 1 aromatic heterocycles. The Hall–Kier alpha value is -3.89. The molecule has 0 atom stereocenters. The van der Waals surface area contributed by atoms with Crippen LogP contribution in [-0.4, -0.2) is 36.6 Å². The van der Waals surface area contributed by atoms with Crippen molar-refractivity contribution in [2.45, 2.75) is 45.4 Å². The molecule has 0 aliphatic rings. The molecule has 1 N–H and O–H groups in total. The van der Waals surface area contributed by atoms with Gasteiger partial charge in [-0.2, -0.15) is 0 Å². The summed E-state index contributed by atoms with van der Waals surface area (Å²) in [5.41, 5.74) is 4.07. The number of halogens is 1. The van der Waals surface area contributed by atoms with E-state index in [1.165, 1.54) is 12.1 Å². The van der Waals surface area contributed by atoms with E-state index in [-0.39, 0.29) is 29.1 Å². The largest absolute Gasteiger partial charge is 0.448 e. The molecule has 40 heavy (non-hydrogen) atoms. The topological polar surface area (TPSA) is 117 Å². The number of fused-ring (bicyclic) bond motifs is 1. The number of benzene rings is 3. The Bertz CT molecular complexity index is 1650. The zero-order chi connectivity index (χ0) is 29.0. The molecule has 0 aliphatic carbocycles. The number of amides is 1. The molecule has 1 heterocycles. The van der Waals surface area contributed by atoms with Crippen LogP contribution in [0.3, 0.4) is 0 Å². The summed E-state index contributed by atoms with van der Waals surface area (Å²) in [6.45, 7) is 7.33. The lowest BCUT2D eigenvalue weighted by Gasteiger charge is -2.11. The molecule has 9 nitrogen and oxygen atoms in total. The lowest BCUT2D eigenvalue weighted by Crippen LogP contribution is -2.31. The summed E-state index contributed by atoms with van der Waals surface area (Å²) >= 11 is 6.45. The summed E-state index contributed by atoms with van der Waals surface area (Å²) in [6.07, 6.45) is 0.00820. The Morgan fingerprint density at radius 3 is 2.35 bits per heavy atom. The lowest BCUT2D eigenvalue weighted by molar-refractivity contribution is -0.137. The van der Waals surface area contributed by atoms with Crippen molar-refractivity contribution < 1.29 is 27.5 Å². The Morgan fingerprint density at radius 1 is 1.05 bits per heavy atom.